The van der Waals surface area contributed by atoms with Crippen LogP contribution in [0.3, 0.4) is 0 Å². The fourth-order valence-corrected chi connectivity index (χ4v) is 4.18. The Morgan fingerprint density at radius 1 is 1.08 bits per heavy atom. The third-order valence-corrected chi connectivity index (χ3v) is 5.37. The van der Waals surface area contributed by atoms with E-state index in [4.69, 9.17) is 4.74 Å². The molecule has 0 bridgehead atoms. The van der Waals surface area contributed by atoms with E-state index in [2.05, 4.69) is 9.88 Å². The molecule has 1 saturated heterocycles. The lowest BCUT2D eigenvalue weighted by Crippen LogP contribution is -2.26. The van der Waals surface area contributed by atoms with Crippen molar-refractivity contribution in [3.63, 3.8) is 0 Å². The number of fused-ring (bicyclic) bond motifs is 1. The second kappa shape index (κ2) is 6.81. The smallest absolute Gasteiger partial charge is 0.137 e. The summed E-state index contributed by atoms with van der Waals surface area (Å²) in [7, 11) is 0. The highest BCUT2D eigenvalue weighted by atomic mass is 16.5. The Hall–Kier alpha value is -2.07. The van der Waals surface area contributed by atoms with Gasteiger partial charge in [-0.05, 0) is 60.9 Å². The van der Waals surface area contributed by atoms with Crippen molar-refractivity contribution in [1.29, 1.82) is 0 Å². The van der Waals surface area contributed by atoms with Gasteiger partial charge in [0, 0.05) is 25.8 Å². The van der Waals surface area contributed by atoms with Gasteiger partial charge in [-0.25, -0.2) is 0 Å². The zero-order chi connectivity index (χ0) is 16.4. The standard InChI is InChI=1S/C20H24N2O2/c23-18-5-3-15(4-6-18)7-9-22-13-16-10-20(11-17(16)14-22)24-19-2-1-8-21-12-19/h1-6,8,12,16-17,20,23H,7,9-11,13-14H2/t16-,17+,20+. The Kier molecular flexibility index (Phi) is 4.39. The van der Waals surface area contributed by atoms with Gasteiger partial charge in [0.2, 0.25) is 0 Å². The van der Waals surface area contributed by atoms with Crippen molar-refractivity contribution in [3.05, 3.63) is 54.4 Å². The van der Waals surface area contributed by atoms with Crippen LogP contribution in [0.15, 0.2) is 48.8 Å². The fraction of sp³-hybridized carbons (Fsp3) is 0.450. The quantitative estimate of drug-likeness (QED) is 0.918. The van der Waals surface area contributed by atoms with Crippen LogP contribution in [0.4, 0.5) is 0 Å². The predicted molar refractivity (Wildman–Crippen MR) is 93.1 cm³/mol. The fourth-order valence-electron chi connectivity index (χ4n) is 4.18. The number of phenols is 1. The molecule has 2 heterocycles. The maximum atomic E-state index is 9.35. The molecule has 0 spiro atoms. The van der Waals surface area contributed by atoms with Gasteiger partial charge in [-0.2, -0.15) is 0 Å². The summed E-state index contributed by atoms with van der Waals surface area (Å²) in [5.41, 5.74) is 1.29. The Morgan fingerprint density at radius 3 is 2.50 bits per heavy atom. The molecule has 3 atom stereocenters. The van der Waals surface area contributed by atoms with E-state index in [1.54, 1.807) is 24.5 Å². The molecular weight excluding hydrogens is 300 g/mol. The molecule has 1 aliphatic heterocycles. The van der Waals surface area contributed by atoms with Crippen LogP contribution in [0, 0.1) is 11.8 Å². The maximum Gasteiger partial charge on any atom is 0.137 e. The summed E-state index contributed by atoms with van der Waals surface area (Å²) >= 11 is 0. The largest absolute Gasteiger partial charge is 0.508 e. The van der Waals surface area contributed by atoms with Crippen LogP contribution >= 0.6 is 0 Å². The van der Waals surface area contributed by atoms with Gasteiger partial charge in [-0.1, -0.05) is 12.1 Å². The Bertz CT molecular complexity index is 645. The SMILES string of the molecule is Oc1ccc(CCN2C[C@H]3C[C@H](Oc4cccnc4)C[C@H]3C2)cc1. The van der Waals surface area contributed by atoms with Crippen LogP contribution in [-0.2, 0) is 6.42 Å². The Morgan fingerprint density at radius 2 is 1.83 bits per heavy atom. The molecule has 0 radical (unpaired) electrons. The molecule has 1 aromatic heterocycles. The molecule has 1 aliphatic carbocycles. The summed E-state index contributed by atoms with van der Waals surface area (Å²) in [5, 5.41) is 9.35. The van der Waals surface area contributed by atoms with Crippen LogP contribution < -0.4 is 4.74 Å². The van der Waals surface area contributed by atoms with E-state index in [1.807, 2.05) is 24.3 Å². The molecule has 126 valence electrons. The number of benzene rings is 1. The van der Waals surface area contributed by atoms with Crippen LogP contribution in [-0.4, -0.2) is 40.7 Å². The van der Waals surface area contributed by atoms with Crippen molar-refractivity contribution in [2.45, 2.75) is 25.4 Å². The van der Waals surface area contributed by atoms with Crippen LogP contribution in [0.25, 0.3) is 0 Å². The lowest BCUT2D eigenvalue weighted by Gasteiger charge is -2.19. The molecule has 2 aromatic rings. The first-order valence-electron chi connectivity index (χ1n) is 8.83. The molecule has 24 heavy (non-hydrogen) atoms. The molecule has 1 N–H and O–H groups in total. The first-order chi connectivity index (χ1) is 11.8. The van der Waals surface area contributed by atoms with Crippen molar-refractivity contribution >= 4 is 0 Å². The van der Waals surface area contributed by atoms with Gasteiger partial charge in [0.05, 0.1) is 12.3 Å². The minimum Gasteiger partial charge on any atom is -0.508 e. The molecule has 2 aliphatic rings. The number of pyridine rings is 1. The van der Waals surface area contributed by atoms with E-state index in [0.29, 0.717) is 11.9 Å². The summed E-state index contributed by atoms with van der Waals surface area (Å²) in [5.74, 6) is 2.78. The summed E-state index contributed by atoms with van der Waals surface area (Å²) in [6, 6.07) is 11.5. The lowest BCUT2D eigenvalue weighted by atomic mass is 10.0. The first-order valence-corrected chi connectivity index (χ1v) is 8.83. The zero-order valence-corrected chi connectivity index (χ0v) is 13.8. The number of phenolic OH excluding ortho intramolecular Hbond substituents is 1. The van der Waals surface area contributed by atoms with E-state index in [9.17, 15) is 5.11 Å². The van der Waals surface area contributed by atoms with E-state index < -0.39 is 0 Å². The highest BCUT2D eigenvalue weighted by molar-refractivity contribution is 5.26. The number of hydrogen-bond donors (Lipinski definition) is 1. The van der Waals surface area contributed by atoms with Gasteiger partial charge in [-0.15, -0.1) is 0 Å². The number of hydrogen-bond acceptors (Lipinski definition) is 4. The number of nitrogens with zero attached hydrogens (tertiary/aromatic N) is 2. The molecular formula is C20H24N2O2. The summed E-state index contributed by atoms with van der Waals surface area (Å²) in [6.07, 6.45) is 7.31. The van der Waals surface area contributed by atoms with Crippen molar-refractivity contribution < 1.29 is 9.84 Å². The molecule has 1 aromatic carbocycles. The van der Waals surface area contributed by atoms with Crippen molar-refractivity contribution in [1.82, 2.24) is 9.88 Å². The highest BCUT2D eigenvalue weighted by Crippen LogP contribution is 2.39. The van der Waals surface area contributed by atoms with Gasteiger partial charge >= 0.3 is 0 Å². The summed E-state index contributed by atoms with van der Waals surface area (Å²) < 4.78 is 6.08. The number of rotatable bonds is 5. The Balaban J connectivity index is 1.25. The highest BCUT2D eigenvalue weighted by Gasteiger charge is 2.41. The van der Waals surface area contributed by atoms with Crippen LogP contribution in [0.1, 0.15) is 18.4 Å². The van der Waals surface area contributed by atoms with E-state index in [1.165, 1.54) is 18.7 Å². The topological polar surface area (TPSA) is 45.6 Å². The van der Waals surface area contributed by atoms with E-state index in [0.717, 1.165) is 43.4 Å². The van der Waals surface area contributed by atoms with Gasteiger partial charge in [-0.3, -0.25) is 4.98 Å². The van der Waals surface area contributed by atoms with Gasteiger partial charge in [0.25, 0.3) is 0 Å². The summed E-state index contributed by atoms with van der Waals surface area (Å²) in [6.45, 7) is 3.48. The van der Waals surface area contributed by atoms with Crippen LogP contribution in [0.2, 0.25) is 0 Å². The van der Waals surface area contributed by atoms with E-state index in [-0.39, 0.29) is 0 Å². The minimum atomic E-state index is 0.342. The number of likely N-dealkylation sites (tertiary alicyclic amines) is 1. The molecule has 4 rings (SSSR count). The lowest BCUT2D eigenvalue weighted by molar-refractivity contribution is 0.185. The molecule has 2 fully saturated rings. The van der Waals surface area contributed by atoms with E-state index >= 15 is 0 Å². The number of ether oxygens (including phenoxy) is 1. The van der Waals surface area contributed by atoms with Gasteiger partial charge in [0.15, 0.2) is 0 Å². The number of aromatic hydroxyl groups is 1. The first kappa shape index (κ1) is 15.5. The maximum absolute atomic E-state index is 9.35. The third kappa shape index (κ3) is 3.54. The second-order valence-corrected chi connectivity index (χ2v) is 7.10. The normalized spacial score (nSPS) is 26.4. The predicted octanol–water partition coefficient (Wildman–Crippen LogP) is 3.12. The van der Waals surface area contributed by atoms with Crippen molar-refractivity contribution in [2.75, 3.05) is 19.6 Å². The number of aromatic nitrogens is 1. The van der Waals surface area contributed by atoms with Crippen molar-refractivity contribution in [2.24, 2.45) is 11.8 Å². The second-order valence-electron chi connectivity index (χ2n) is 7.10. The molecule has 4 nitrogen and oxygen atoms in total. The summed E-state index contributed by atoms with van der Waals surface area (Å²) in [4.78, 5) is 6.71. The zero-order valence-electron chi connectivity index (χ0n) is 13.8. The minimum absolute atomic E-state index is 0.342. The van der Waals surface area contributed by atoms with Crippen molar-refractivity contribution in [3.8, 4) is 11.5 Å². The van der Waals surface area contributed by atoms with Crippen LogP contribution in [0.5, 0.6) is 11.5 Å². The monoisotopic (exact) mass is 324 g/mol. The molecule has 4 heteroatoms. The molecule has 0 unspecified atom stereocenters. The third-order valence-electron chi connectivity index (χ3n) is 5.37. The van der Waals surface area contributed by atoms with Gasteiger partial charge in [0.1, 0.15) is 11.5 Å². The average molecular weight is 324 g/mol. The average Bonchev–Trinajstić information content (AvgIpc) is 3.13. The Labute approximate surface area is 143 Å². The van der Waals surface area contributed by atoms with Gasteiger partial charge < -0.3 is 14.7 Å². The molecule has 1 saturated carbocycles. The molecule has 0 amide bonds.